The van der Waals surface area contributed by atoms with E-state index in [0.717, 1.165) is 5.57 Å². The van der Waals surface area contributed by atoms with Crippen LogP contribution in [-0.2, 0) is 9.53 Å². The highest BCUT2D eigenvalue weighted by Crippen LogP contribution is 2.27. The van der Waals surface area contributed by atoms with Crippen molar-refractivity contribution in [2.24, 2.45) is 10.9 Å². The van der Waals surface area contributed by atoms with E-state index >= 15 is 0 Å². The number of rotatable bonds is 4. The lowest BCUT2D eigenvalue weighted by Crippen LogP contribution is -2.24. The van der Waals surface area contributed by atoms with Crippen molar-refractivity contribution in [1.29, 1.82) is 0 Å². The van der Waals surface area contributed by atoms with Crippen molar-refractivity contribution >= 4 is 23.8 Å². The monoisotopic (exact) mass is 267 g/mol. The Morgan fingerprint density at radius 3 is 2.83 bits per heavy atom. The van der Waals surface area contributed by atoms with Crippen molar-refractivity contribution in [3.8, 4) is 0 Å². The molecule has 3 nitrogen and oxygen atoms in total. The molecule has 0 aromatic heterocycles. The number of methoxy groups -OCH3 is 1. The lowest BCUT2D eigenvalue weighted by atomic mass is 9.88. The summed E-state index contributed by atoms with van der Waals surface area (Å²) in [5, 5.41) is 0. The highest BCUT2D eigenvalue weighted by Gasteiger charge is 2.23. The molecule has 98 valence electrons. The number of hydrogen-bond acceptors (Lipinski definition) is 3. The maximum Gasteiger partial charge on any atom is 0.219 e. The van der Waals surface area contributed by atoms with Gasteiger partial charge in [0.1, 0.15) is 0 Å². The zero-order valence-electron chi connectivity index (χ0n) is 10.9. The van der Waals surface area contributed by atoms with Gasteiger partial charge in [-0.05, 0) is 12.5 Å². The molecule has 4 heteroatoms. The Morgan fingerprint density at radius 2 is 2.33 bits per heavy atom. The second-order valence-corrected chi connectivity index (χ2v) is 4.62. The zero-order valence-corrected chi connectivity index (χ0v) is 11.7. The first-order chi connectivity index (χ1) is 8.53. The Hall–Kier alpha value is -1.35. The molecule has 0 heterocycles. The molecule has 0 fully saturated rings. The molecule has 0 aromatic rings. The minimum absolute atomic E-state index is 0.0992. The molecule has 1 rings (SSSR count). The van der Waals surface area contributed by atoms with Gasteiger partial charge in [-0.1, -0.05) is 31.2 Å². The molecule has 0 bridgehead atoms. The van der Waals surface area contributed by atoms with Gasteiger partial charge in [-0.3, -0.25) is 4.79 Å². The van der Waals surface area contributed by atoms with Crippen LogP contribution in [0.3, 0.4) is 0 Å². The summed E-state index contributed by atoms with van der Waals surface area (Å²) in [7, 11) is 1.48. The standard InChI is InChI=1S/C14H18ClNO2/c1-9-5-10(2)13(12(6-9)7-15)16-14(18-4)11(3)8-17/h5-6,8,10,13H,3,7H2,1-2,4H3. The molecule has 1 aliphatic carbocycles. The summed E-state index contributed by atoms with van der Waals surface area (Å²) >= 11 is 5.95. The van der Waals surface area contributed by atoms with E-state index in [9.17, 15) is 4.79 Å². The molecule has 0 spiro atoms. The van der Waals surface area contributed by atoms with Crippen LogP contribution in [0.5, 0.6) is 0 Å². The third-order valence-electron chi connectivity index (χ3n) is 2.84. The summed E-state index contributed by atoms with van der Waals surface area (Å²) < 4.78 is 5.10. The topological polar surface area (TPSA) is 38.7 Å². The normalized spacial score (nSPS) is 24.1. The average molecular weight is 268 g/mol. The van der Waals surface area contributed by atoms with Crippen molar-refractivity contribution in [3.63, 3.8) is 0 Å². The lowest BCUT2D eigenvalue weighted by molar-refractivity contribution is -0.104. The van der Waals surface area contributed by atoms with Crippen molar-refractivity contribution in [3.05, 3.63) is 35.5 Å². The average Bonchev–Trinajstić information content (AvgIpc) is 2.36. The molecule has 1 aliphatic rings. The van der Waals surface area contributed by atoms with Gasteiger partial charge in [-0.15, -0.1) is 11.6 Å². The fourth-order valence-corrected chi connectivity index (χ4v) is 2.27. The predicted molar refractivity (Wildman–Crippen MR) is 75.2 cm³/mol. The van der Waals surface area contributed by atoms with Crippen LogP contribution in [0.15, 0.2) is 40.4 Å². The van der Waals surface area contributed by atoms with Crippen LogP contribution >= 0.6 is 11.6 Å². The van der Waals surface area contributed by atoms with Crippen LogP contribution in [0.25, 0.3) is 0 Å². The van der Waals surface area contributed by atoms with Crippen LogP contribution < -0.4 is 0 Å². The van der Waals surface area contributed by atoms with Crippen LogP contribution in [0.1, 0.15) is 13.8 Å². The molecule has 0 N–H and O–H groups in total. The Morgan fingerprint density at radius 1 is 1.67 bits per heavy atom. The number of alkyl halides is 1. The summed E-state index contributed by atoms with van der Waals surface area (Å²) in [5.74, 6) is 0.896. The number of aldehydes is 1. The molecular weight excluding hydrogens is 250 g/mol. The largest absolute Gasteiger partial charge is 0.481 e. The number of allylic oxidation sites excluding steroid dienone is 2. The third kappa shape index (κ3) is 3.33. The zero-order chi connectivity index (χ0) is 13.7. The number of halogens is 1. The summed E-state index contributed by atoms with van der Waals surface area (Å²) in [6.07, 6.45) is 4.79. The van der Waals surface area contributed by atoms with E-state index in [-0.39, 0.29) is 23.4 Å². The highest BCUT2D eigenvalue weighted by molar-refractivity contribution is 6.19. The second-order valence-electron chi connectivity index (χ2n) is 4.35. The van der Waals surface area contributed by atoms with Gasteiger partial charge >= 0.3 is 0 Å². The number of hydrogen-bond donors (Lipinski definition) is 0. The summed E-state index contributed by atoms with van der Waals surface area (Å²) in [6, 6.07) is -0.0992. The first kappa shape index (κ1) is 14.7. The van der Waals surface area contributed by atoms with Crippen molar-refractivity contribution in [2.45, 2.75) is 19.9 Å². The number of nitrogens with zero attached hydrogens (tertiary/aromatic N) is 1. The molecule has 0 radical (unpaired) electrons. The molecule has 0 saturated heterocycles. The Kier molecular flexibility index (Phi) is 5.35. The van der Waals surface area contributed by atoms with E-state index in [1.54, 1.807) is 0 Å². The Labute approximate surface area is 113 Å². The van der Waals surface area contributed by atoms with Gasteiger partial charge < -0.3 is 4.74 Å². The second kappa shape index (κ2) is 6.55. The third-order valence-corrected chi connectivity index (χ3v) is 3.15. The molecule has 2 atom stereocenters. The molecule has 0 amide bonds. The number of ether oxygens (including phenoxy) is 1. The highest BCUT2D eigenvalue weighted by atomic mass is 35.5. The minimum atomic E-state index is -0.0992. The van der Waals surface area contributed by atoms with E-state index in [2.05, 4.69) is 24.6 Å². The van der Waals surface area contributed by atoms with E-state index in [0.29, 0.717) is 12.2 Å². The predicted octanol–water partition coefficient (Wildman–Crippen LogP) is 2.92. The Bertz CT molecular complexity index is 435. The summed E-state index contributed by atoms with van der Waals surface area (Å²) in [6.45, 7) is 7.70. The number of aliphatic imine (C=N–C) groups is 1. The van der Waals surface area contributed by atoms with Gasteiger partial charge in [-0.2, -0.15) is 0 Å². The van der Waals surface area contributed by atoms with Gasteiger partial charge in [0.25, 0.3) is 0 Å². The maximum absolute atomic E-state index is 10.7. The summed E-state index contributed by atoms with van der Waals surface area (Å²) in [4.78, 5) is 15.2. The van der Waals surface area contributed by atoms with Crippen molar-refractivity contribution in [1.82, 2.24) is 0 Å². The fraction of sp³-hybridized carbons (Fsp3) is 0.429. The van der Waals surface area contributed by atoms with Crippen molar-refractivity contribution < 1.29 is 9.53 Å². The Balaban J connectivity index is 3.08. The van der Waals surface area contributed by atoms with Crippen LogP contribution in [-0.4, -0.2) is 31.2 Å². The number of carbonyl (C=O) groups is 1. The van der Waals surface area contributed by atoms with E-state index < -0.39 is 0 Å². The van der Waals surface area contributed by atoms with Gasteiger partial charge in [0.15, 0.2) is 6.29 Å². The maximum atomic E-state index is 10.7. The van der Waals surface area contributed by atoms with Crippen LogP contribution in [0.2, 0.25) is 0 Å². The SMILES string of the molecule is C=C(C=O)C(=NC1C(CCl)=CC(C)=CC1C)OC. The van der Waals surface area contributed by atoms with Crippen LogP contribution in [0, 0.1) is 5.92 Å². The van der Waals surface area contributed by atoms with E-state index in [1.807, 2.05) is 13.0 Å². The molecule has 18 heavy (non-hydrogen) atoms. The van der Waals surface area contributed by atoms with Crippen molar-refractivity contribution in [2.75, 3.05) is 13.0 Å². The van der Waals surface area contributed by atoms with E-state index in [1.165, 1.54) is 12.7 Å². The lowest BCUT2D eigenvalue weighted by Gasteiger charge is -2.25. The molecular formula is C14H18ClNO2. The van der Waals surface area contributed by atoms with E-state index in [4.69, 9.17) is 16.3 Å². The van der Waals surface area contributed by atoms with Gasteiger partial charge in [0.2, 0.25) is 5.90 Å². The summed E-state index contributed by atoms with van der Waals surface area (Å²) in [5.41, 5.74) is 2.44. The minimum Gasteiger partial charge on any atom is -0.481 e. The molecule has 0 saturated carbocycles. The van der Waals surface area contributed by atoms with Gasteiger partial charge in [-0.25, -0.2) is 4.99 Å². The quantitative estimate of drug-likeness (QED) is 0.258. The van der Waals surface area contributed by atoms with Gasteiger partial charge in [0.05, 0.1) is 18.7 Å². The number of carbonyl (C=O) groups excluding carboxylic acids is 1. The smallest absolute Gasteiger partial charge is 0.219 e. The molecule has 0 aliphatic heterocycles. The first-order valence-corrected chi connectivity index (χ1v) is 6.28. The van der Waals surface area contributed by atoms with Crippen LogP contribution in [0.4, 0.5) is 0 Å². The first-order valence-electron chi connectivity index (χ1n) is 5.74. The fourth-order valence-electron chi connectivity index (χ4n) is 2.03. The molecule has 0 aromatic carbocycles. The molecule has 2 unspecified atom stereocenters. The van der Waals surface area contributed by atoms with Gasteiger partial charge in [0, 0.05) is 11.8 Å².